The quantitative estimate of drug-likeness (QED) is 0.681. The Kier molecular flexibility index (Phi) is 4.34. The topological polar surface area (TPSA) is 95.9 Å². The molecule has 1 heterocycles. The van der Waals surface area contributed by atoms with Crippen LogP contribution in [0.4, 0.5) is 0 Å². The molecule has 0 saturated heterocycles. The van der Waals surface area contributed by atoms with Crippen molar-refractivity contribution in [3.8, 4) is 0 Å². The Bertz CT molecular complexity index is 587. The van der Waals surface area contributed by atoms with Gasteiger partial charge in [0.2, 0.25) is 0 Å². The number of aliphatic carboxylic acids is 1. The van der Waals surface area contributed by atoms with Crippen LogP contribution in [-0.2, 0) is 16.1 Å². The summed E-state index contributed by atoms with van der Waals surface area (Å²) in [4.78, 5) is 23.5. The lowest BCUT2D eigenvalue weighted by Crippen LogP contribution is -2.44. The predicted octanol–water partition coefficient (Wildman–Crippen LogP) is 0.0517. The molecule has 1 aliphatic rings. The van der Waals surface area contributed by atoms with Gasteiger partial charge in [0.15, 0.2) is 0 Å². The summed E-state index contributed by atoms with van der Waals surface area (Å²) >= 11 is 0. The number of hydrogen-bond donors (Lipinski definition) is 3. The highest BCUT2D eigenvalue weighted by molar-refractivity contribution is 6.61. The van der Waals surface area contributed by atoms with Gasteiger partial charge < -0.3 is 20.1 Å². The first-order valence-electron chi connectivity index (χ1n) is 6.78. The van der Waals surface area contributed by atoms with Gasteiger partial charge in [0.05, 0.1) is 6.61 Å². The van der Waals surface area contributed by atoms with Crippen molar-refractivity contribution in [1.29, 1.82) is 0 Å². The number of rotatable bonds is 4. The van der Waals surface area contributed by atoms with E-state index < -0.39 is 25.0 Å². The van der Waals surface area contributed by atoms with E-state index >= 15 is 0 Å². The van der Waals surface area contributed by atoms with E-state index in [0.29, 0.717) is 17.6 Å². The van der Waals surface area contributed by atoms with Crippen LogP contribution in [0.25, 0.3) is 0 Å². The zero-order valence-corrected chi connectivity index (χ0v) is 12.2. The lowest BCUT2D eigenvalue weighted by atomic mass is 9.78. The third-order valence-corrected chi connectivity index (χ3v) is 3.61. The molecule has 0 fully saturated rings. The largest absolute Gasteiger partial charge is 0.491 e. The number of carboxylic acids is 1. The average molecular weight is 291 g/mol. The molecule has 1 aromatic carbocycles. The van der Waals surface area contributed by atoms with Crippen molar-refractivity contribution >= 4 is 24.5 Å². The third kappa shape index (κ3) is 3.09. The molecule has 1 amide bonds. The number of nitrogens with one attached hydrogen (secondary N) is 1. The van der Waals surface area contributed by atoms with Crippen molar-refractivity contribution in [2.75, 3.05) is 0 Å². The minimum absolute atomic E-state index is 0.227. The SMILES string of the molecule is Cc1cc2c(cc1C(=O)NC(C(=O)O)C(C)C)B(O)OC2. The Hall–Kier alpha value is -1.86. The van der Waals surface area contributed by atoms with Gasteiger partial charge in [0.25, 0.3) is 5.91 Å². The summed E-state index contributed by atoms with van der Waals surface area (Å²) < 4.78 is 5.10. The Morgan fingerprint density at radius 1 is 1.38 bits per heavy atom. The molecule has 1 aliphatic heterocycles. The molecule has 112 valence electrons. The molecule has 0 aliphatic carbocycles. The van der Waals surface area contributed by atoms with Gasteiger partial charge in [0, 0.05) is 5.56 Å². The molecule has 3 N–H and O–H groups in total. The van der Waals surface area contributed by atoms with Gasteiger partial charge >= 0.3 is 13.1 Å². The smallest absolute Gasteiger partial charge is 0.480 e. The fraction of sp³-hybridized carbons (Fsp3) is 0.429. The monoisotopic (exact) mass is 291 g/mol. The zero-order valence-electron chi connectivity index (χ0n) is 12.2. The first-order chi connectivity index (χ1) is 9.81. The highest BCUT2D eigenvalue weighted by Crippen LogP contribution is 2.16. The molecule has 1 aromatic rings. The van der Waals surface area contributed by atoms with Crippen LogP contribution in [-0.4, -0.2) is 35.2 Å². The van der Waals surface area contributed by atoms with Crippen LogP contribution in [0.5, 0.6) is 0 Å². The summed E-state index contributed by atoms with van der Waals surface area (Å²) in [5.41, 5.74) is 2.47. The minimum Gasteiger partial charge on any atom is -0.480 e. The van der Waals surface area contributed by atoms with Gasteiger partial charge in [-0.15, -0.1) is 0 Å². The second-order valence-corrected chi connectivity index (χ2v) is 5.56. The second-order valence-electron chi connectivity index (χ2n) is 5.56. The molecule has 1 unspecified atom stereocenters. The Morgan fingerprint density at radius 3 is 2.62 bits per heavy atom. The number of hydrogen-bond acceptors (Lipinski definition) is 4. The summed E-state index contributed by atoms with van der Waals surface area (Å²) in [7, 11) is -1.03. The number of carbonyl (C=O) groups excluding carboxylic acids is 1. The number of amides is 1. The Morgan fingerprint density at radius 2 is 2.05 bits per heavy atom. The normalized spacial score (nSPS) is 15.0. The fourth-order valence-electron chi connectivity index (χ4n) is 2.38. The zero-order chi connectivity index (χ0) is 15.7. The van der Waals surface area contributed by atoms with Crippen molar-refractivity contribution in [3.05, 3.63) is 28.8 Å². The van der Waals surface area contributed by atoms with Crippen LogP contribution in [0.1, 0.15) is 35.3 Å². The number of carbonyl (C=O) groups is 2. The van der Waals surface area contributed by atoms with Crippen molar-refractivity contribution in [2.45, 2.75) is 33.4 Å². The number of carboxylic acid groups (broad SMARTS) is 1. The molecule has 0 aromatic heterocycles. The molecule has 7 heteroatoms. The maximum Gasteiger partial charge on any atom is 0.491 e. The van der Waals surface area contributed by atoms with Crippen LogP contribution in [0.15, 0.2) is 12.1 Å². The first kappa shape index (κ1) is 15.5. The van der Waals surface area contributed by atoms with Gasteiger partial charge in [0.1, 0.15) is 6.04 Å². The Labute approximate surface area is 123 Å². The first-order valence-corrected chi connectivity index (χ1v) is 6.78. The standard InChI is InChI=1S/C14H18BNO5/c1-7(2)12(14(18)19)16-13(17)10-5-11-9(4-8(10)3)6-21-15(11)20/h4-5,7,12,20H,6H2,1-3H3,(H,16,17)(H,18,19). The molecular formula is C14H18BNO5. The maximum absolute atomic E-state index is 12.3. The molecule has 0 saturated carbocycles. The molecular weight excluding hydrogens is 273 g/mol. The molecule has 0 spiro atoms. The molecule has 6 nitrogen and oxygen atoms in total. The van der Waals surface area contributed by atoms with E-state index in [2.05, 4.69) is 5.32 Å². The van der Waals surface area contributed by atoms with E-state index in [1.807, 2.05) is 0 Å². The van der Waals surface area contributed by atoms with Crippen molar-refractivity contribution in [2.24, 2.45) is 5.92 Å². The van der Waals surface area contributed by atoms with Crippen molar-refractivity contribution in [1.82, 2.24) is 5.32 Å². The Balaban J connectivity index is 2.28. The van der Waals surface area contributed by atoms with Crippen LogP contribution in [0.3, 0.4) is 0 Å². The number of aryl methyl sites for hydroxylation is 1. The summed E-state index contributed by atoms with van der Waals surface area (Å²) in [5, 5.41) is 21.3. The summed E-state index contributed by atoms with van der Waals surface area (Å²) in [6.07, 6.45) is 0. The van der Waals surface area contributed by atoms with Crippen LogP contribution >= 0.6 is 0 Å². The fourth-order valence-corrected chi connectivity index (χ4v) is 2.38. The summed E-state index contributed by atoms with van der Waals surface area (Å²) in [6, 6.07) is 2.40. The maximum atomic E-state index is 12.3. The lowest BCUT2D eigenvalue weighted by Gasteiger charge is -2.19. The lowest BCUT2D eigenvalue weighted by molar-refractivity contribution is -0.140. The van der Waals surface area contributed by atoms with Crippen LogP contribution < -0.4 is 10.8 Å². The third-order valence-electron chi connectivity index (χ3n) is 3.61. The highest BCUT2D eigenvalue weighted by atomic mass is 16.5. The van der Waals surface area contributed by atoms with Gasteiger partial charge in [-0.3, -0.25) is 4.79 Å². The minimum atomic E-state index is -1.07. The molecule has 0 bridgehead atoms. The predicted molar refractivity (Wildman–Crippen MR) is 77.3 cm³/mol. The highest BCUT2D eigenvalue weighted by Gasteiger charge is 2.30. The van der Waals surface area contributed by atoms with Gasteiger partial charge in [-0.25, -0.2) is 4.79 Å². The van der Waals surface area contributed by atoms with Crippen LogP contribution in [0.2, 0.25) is 0 Å². The van der Waals surface area contributed by atoms with Crippen LogP contribution in [0, 0.1) is 12.8 Å². The van der Waals surface area contributed by atoms with Gasteiger partial charge in [-0.05, 0) is 35.5 Å². The van der Waals surface area contributed by atoms with Crippen molar-refractivity contribution in [3.63, 3.8) is 0 Å². The molecule has 1 atom stereocenters. The van der Waals surface area contributed by atoms with E-state index in [9.17, 15) is 14.6 Å². The second kappa shape index (κ2) is 5.87. The van der Waals surface area contributed by atoms with E-state index in [1.54, 1.807) is 32.9 Å². The van der Waals surface area contributed by atoms with E-state index in [1.165, 1.54) is 0 Å². The van der Waals surface area contributed by atoms with E-state index in [-0.39, 0.29) is 5.92 Å². The van der Waals surface area contributed by atoms with E-state index in [0.717, 1.165) is 11.1 Å². The van der Waals surface area contributed by atoms with Crippen molar-refractivity contribution < 1.29 is 24.4 Å². The van der Waals surface area contributed by atoms with Gasteiger partial charge in [-0.1, -0.05) is 19.9 Å². The molecule has 0 radical (unpaired) electrons. The summed E-state index contributed by atoms with van der Waals surface area (Å²) in [6.45, 7) is 5.53. The number of fused-ring (bicyclic) bond motifs is 1. The van der Waals surface area contributed by atoms with E-state index in [4.69, 9.17) is 9.76 Å². The van der Waals surface area contributed by atoms with Gasteiger partial charge in [-0.2, -0.15) is 0 Å². The molecule has 2 rings (SSSR count). The average Bonchev–Trinajstić information content (AvgIpc) is 2.74. The molecule has 21 heavy (non-hydrogen) atoms. The summed E-state index contributed by atoms with van der Waals surface area (Å²) in [5.74, 6) is -1.76. The number of benzene rings is 1.